The molecule has 1 unspecified atom stereocenters. The third kappa shape index (κ3) is 2.14. The molecule has 0 aromatic heterocycles. The van der Waals surface area contributed by atoms with Gasteiger partial charge in [-0.3, -0.25) is 0 Å². The number of aryl methyl sites for hydroxylation is 1. The molecule has 0 aliphatic carbocycles. The molecule has 2 heteroatoms. The Morgan fingerprint density at radius 1 is 1.29 bits per heavy atom. The maximum atomic E-state index is 3.59. The van der Waals surface area contributed by atoms with Crippen LogP contribution in [0.2, 0.25) is 0 Å². The molecule has 0 amide bonds. The molecular weight excluding hydrogens is 172 g/mol. The molecule has 1 aromatic rings. The Kier molecular flexibility index (Phi) is 2.85. The van der Waals surface area contributed by atoms with Gasteiger partial charge in [0, 0.05) is 25.2 Å². The van der Waals surface area contributed by atoms with Crippen LogP contribution in [-0.4, -0.2) is 19.1 Å². The van der Waals surface area contributed by atoms with Gasteiger partial charge in [0.15, 0.2) is 0 Å². The van der Waals surface area contributed by atoms with Crippen molar-refractivity contribution in [2.75, 3.05) is 13.1 Å². The van der Waals surface area contributed by atoms with Gasteiger partial charge in [0.2, 0.25) is 0 Å². The van der Waals surface area contributed by atoms with Gasteiger partial charge in [0.05, 0.1) is 0 Å². The van der Waals surface area contributed by atoms with Crippen LogP contribution in [0.25, 0.3) is 0 Å². The van der Waals surface area contributed by atoms with E-state index in [1.165, 1.54) is 11.1 Å². The zero-order chi connectivity index (χ0) is 9.97. The Labute approximate surface area is 85.7 Å². The minimum Gasteiger partial charge on any atom is -0.314 e. The highest BCUT2D eigenvalue weighted by molar-refractivity contribution is 5.23. The Balaban J connectivity index is 1.95. The van der Waals surface area contributed by atoms with Crippen LogP contribution in [0.1, 0.15) is 24.1 Å². The molecule has 0 radical (unpaired) electrons. The second-order valence-electron chi connectivity index (χ2n) is 4.15. The fourth-order valence-electron chi connectivity index (χ4n) is 1.71. The lowest BCUT2D eigenvalue weighted by molar-refractivity contribution is 0.338. The van der Waals surface area contributed by atoms with E-state index >= 15 is 0 Å². The number of nitrogens with one attached hydrogen (secondary N) is 2. The number of hydrogen-bond acceptors (Lipinski definition) is 2. The average molecular weight is 190 g/mol. The van der Waals surface area contributed by atoms with Crippen LogP contribution in [0.5, 0.6) is 0 Å². The lowest BCUT2D eigenvalue weighted by Crippen LogP contribution is -2.55. The predicted molar refractivity (Wildman–Crippen MR) is 59.4 cm³/mol. The summed E-state index contributed by atoms with van der Waals surface area (Å²) < 4.78 is 0. The first-order chi connectivity index (χ1) is 6.75. The largest absolute Gasteiger partial charge is 0.314 e. The molecule has 0 bridgehead atoms. The van der Waals surface area contributed by atoms with Gasteiger partial charge in [-0.15, -0.1) is 0 Å². The van der Waals surface area contributed by atoms with Crippen molar-refractivity contribution in [2.45, 2.75) is 25.9 Å². The zero-order valence-corrected chi connectivity index (χ0v) is 8.88. The Hall–Kier alpha value is -0.860. The second-order valence-corrected chi connectivity index (χ2v) is 4.15. The fraction of sp³-hybridized carbons (Fsp3) is 0.500. The van der Waals surface area contributed by atoms with Crippen LogP contribution in [0.15, 0.2) is 24.3 Å². The summed E-state index contributed by atoms with van der Waals surface area (Å²) in [5.74, 6) is 0. The number of benzene rings is 1. The van der Waals surface area contributed by atoms with E-state index in [1.54, 1.807) is 0 Å². The van der Waals surface area contributed by atoms with Crippen molar-refractivity contribution >= 4 is 0 Å². The molecule has 1 aliphatic rings. The Morgan fingerprint density at radius 3 is 2.43 bits per heavy atom. The number of hydrogen-bond donors (Lipinski definition) is 2. The van der Waals surface area contributed by atoms with Crippen LogP contribution in [-0.2, 0) is 0 Å². The monoisotopic (exact) mass is 190 g/mol. The van der Waals surface area contributed by atoms with Crippen LogP contribution in [0, 0.1) is 6.92 Å². The van der Waals surface area contributed by atoms with Gasteiger partial charge in [-0.1, -0.05) is 29.8 Å². The van der Waals surface area contributed by atoms with Crippen molar-refractivity contribution in [2.24, 2.45) is 0 Å². The van der Waals surface area contributed by atoms with Crippen molar-refractivity contribution in [3.05, 3.63) is 35.4 Å². The number of rotatable bonds is 3. The standard InChI is InChI=1S/C12H18N2/c1-9-3-5-11(6-4-9)10(2)14-12-7-13-8-12/h3-6,10,12-14H,7-8H2,1-2H3. The summed E-state index contributed by atoms with van der Waals surface area (Å²) in [6.45, 7) is 6.56. The van der Waals surface area contributed by atoms with Gasteiger partial charge < -0.3 is 10.6 Å². The summed E-state index contributed by atoms with van der Waals surface area (Å²) in [5.41, 5.74) is 2.70. The topological polar surface area (TPSA) is 24.1 Å². The maximum absolute atomic E-state index is 3.59. The van der Waals surface area contributed by atoms with Crippen LogP contribution in [0.3, 0.4) is 0 Å². The highest BCUT2D eigenvalue weighted by atomic mass is 15.1. The van der Waals surface area contributed by atoms with Gasteiger partial charge in [-0.25, -0.2) is 0 Å². The van der Waals surface area contributed by atoms with E-state index in [4.69, 9.17) is 0 Å². The van der Waals surface area contributed by atoms with Crippen LogP contribution in [0.4, 0.5) is 0 Å². The van der Waals surface area contributed by atoms with E-state index in [0.29, 0.717) is 12.1 Å². The molecular formula is C12H18N2. The molecule has 1 aromatic carbocycles. The zero-order valence-electron chi connectivity index (χ0n) is 8.88. The van der Waals surface area contributed by atoms with Crippen LogP contribution >= 0.6 is 0 Å². The molecule has 76 valence electrons. The predicted octanol–water partition coefficient (Wildman–Crippen LogP) is 1.62. The molecule has 1 saturated heterocycles. The summed E-state index contributed by atoms with van der Waals surface area (Å²) >= 11 is 0. The van der Waals surface area contributed by atoms with Gasteiger partial charge in [-0.2, -0.15) is 0 Å². The Morgan fingerprint density at radius 2 is 1.93 bits per heavy atom. The SMILES string of the molecule is Cc1ccc(C(C)NC2CNC2)cc1. The van der Waals surface area contributed by atoms with E-state index in [2.05, 4.69) is 48.7 Å². The van der Waals surface area contributed by atoms with Gasteiger partial charge in [0.25, 0.3) is 0 Å². The Bertz CT molecular complexity index is 288. The molecule has 1 aliphatic heterocycles. The second kappa shape index (κ2) is 4.11. The highest BCUT2D eigenvalue weighted by Crippen LogP contribution is 2.14. The normalized spacial score (nSPS) is 19.0. The van der Waals surface area contributed by atoms with Gasteiger partial charge in [-0.05, 0) is 19.4 Å². The quantitative estimate of drug-likeness (QED) is 0.757. The summed E-state index contributed by atoms with van der Waals surface area (Å²) in [4.78, 5) is 0. The van der Waals surface area contributed by atoms with Gasteiger partial charge >= 0.3 is 0 Å². The molecule has 0 spiro atoms. The van der Waals surface area contributed by atoms with Crippen molar-refractivity contribution in [1.82, 2.24) is 10.6 Å². The molecule has 0 saturated carbocycles. The maximum Gasteiger partial charge on any atom is 0.0322 e. The van der Waals surface area contributed by atoms with E-state index in [-0.39, 0.29) is 0 Å². The minimum atomic E-state index is 0.461. The van der Waals surface area contributed by atoms with Gasteiger partial charge in [0.1, 0.15) is 0 Å². The highest BCUT2D eigenvalue weighted by Gasteiger charge is 2.18. The van der Waals surface area contributed by atoms with E-state index in [1.807, 2.05) is 0 Å². The average Bonchev–Trinajstić information content (AvgIpc) is 2.12. The lowest BCUT2D eigenvalue weighted by Gasteiger charge is -2.31. The molecule has 2 rings (SSSR count). The summed E-state index contributed by atoms with van der Waals surface area (Å²) in [6, 6.07) is 9.88. The summed E-state index contributed by atoms with van der Waals surface area (Å²) in [6.07, 6.45) is 0. The first kappa shape index (κ1) is 9.69. The molecule has 1 heterocycles. The molecule has 2 N–H and O–H groups in total. The molecule has 1 fully saturated rings. The van der Waals surface area contributed by atoms with E-state index in [0.717, 1.165) is 13.1 Å². The smallest absolute Gasteiger partial charge is 0.0322 e. The van der Waals surface area contributed by atoms with E-state index < -0.39 is 0 Å². The third-order valence-electron chi connectivity index (χ3n) is 2.84. The lowest BCUT2D eigenvalue weighted by atomic mass is 10.0. The third-order valence-corrected chi connectivity index (χ3v) is 2.84. The first-order valence-electron chi connectivity index (χ1n) is 5.29. The fourth-order valence-corrected chi connectivity index (χ4v) is 1.71. The summed E-state index contributed by atoms with van der Waals surface area (Å²) in [5, 5.41) is 6.85. The van der Waals surface area contributed by atoms with E-state index in [9.17, 15) is 0 Å². The van der Waals surface area contributed by atoms with Crippen LogP contribution < -0.4 is 10.6 Å². The first-order valence-corrected chi connectivity index (χ1v) is 5.29. The molecule has 1 atom stereocenters. The summed E-state index contributed by atoms with van der Waals surface area (Å²) in [7, 11) is 0. The molecule has 2 nitrogen and oxygen atoms in total. The van der Waals surface area contributed by atoms with Crippen molar-refractivity contribution in [3.63, 3.8) is 0 Å². The minimum absolute atomic E-state index is 0.461. The van der Waals surface area contributed by atoms with Crippen molar-refractivity contribution in [3.8, 4) is 0 Å². The van der Waals surface area contributed by atoms with Crippen molar-refractivity contribution < 1.29 is 0 Å². The molecule has 14 heavy (non-hydrogen) atoms. The van der Waals surface area contributed by atoms with Crippen molar-refractivity contribution in [1.29, 1.82) is 0 Å².